The number of amides is 1. The maximum absolute atomic E-state index is 14.8. The molecule has 7 nitrogen and oxygen atoms in total. The summed E-state index contributed by atoms with van der Waals surface area (Å²) in [6.45, 7) is 3.94. The van der Waals surface area contributed by atoms with Crippen LogP contribution in [-0.2, 0) is 4.79 Å². The van der Waals surface area contributed by atoms with Crippen LogP contribution in [0.5, 0.6) is 0 Å². The van der Waals surface area contributed by atoms with Gasteiger partial charge in [-0.2, -0.15) is 0 Å². The van der Waals surface area contributed by atoms with Gasteiger partial charge in [-0.3, -0.25) is 4.79 Å². The molecule has 0 unspecified atom stereocenters. The van der Waals surface area contributed by atoms with E-state index in [2.05, 4.69) is 27.2 Å². The number of aromatic nitrogens is 3. The molecule has 1 aliphatic heterocycles. The molecule has 5 rings (SSSR count). The van der Waals surface area contributed by atoms with Crippen LogP contribution in [0, 0.1) is 0 Å². The lowest BCUT2D eigenvalue weighted by molar-refractivity contribution is -0.139. The van der Waals surface area contributed by atoms with E-state index in [-0.39, 0.29) is 37.6 Å². The number of likely N-dealkylation sites (tertiary alicyclic amines) is 1. The number of fused-ring (bicyclic) bond motifs is 1. The highest BCUT2D eigenvalue weighted by Gasteiger charge is 2.45. The van der Waals surface area contributed by atoms with E-state index in [0.29, 0.717) is 16.7 Å². The largest absolute Gasteiger partial charge is 0.360 e. The zero-order chi connectivity index (χ0) is 23.7. The second-order valence-electron chi connectivity index (χ2n) is 9.27. The molecule has 0 spiro atoms. The number of para-hydroxylation sites is 1. The minimum Gasteiger partial charge on any atom is -0.360 e. The van der Waals surface area contributed by atoms with E-state index >= 15 is 0 Å². The van der Waals surface area contributed by atoms with Gasteiger partial charge < -0.3 is 20.5 Å². The number of halogens is 2. The lowest BCUT2D eigenvalue weighted by Gasteiger charge is -2.45. The van der Waals surface area contributed by atoms with Gasteiger partial charge in [0.25, 0.3) is 0 Å². The number of carbonyl (C=O) groups is 1. The number of hydrogen-bond donors (Lipinski definition) is 3. The molecule has 1 aliphatic carbocycles. The first-order valence-corrected chi connectivity index (χ1v) is 12.0. The number of aromatic amines is 1. The maximum atomic E-state index is 14.8. The van der Waals surface area contributed by atoms with Gasteiger partial charge in [0.1, 0.15) is 0 Å². The molecule has 2 fully saturated rings. The van der Waals surface area contributed by atoms with E-state index < -0.39 is 5.67 Å². The predicted molar refractivity (Wildman–Crippen MR) is 133 cm³/mol. The van der Waals surface area contributed by atoms with Crippen molar-refractivity contribution in [2.75, 3.05) is 25.0 Å². The number of rotatable bonds is 7. The van der Waals surface area contributed by atoms with Gasteiger partial charge in [0.2, 0.25) is 11.9 Å². The molecule has 2 aromatic heterocycles. The molecule has 3 aromatic rings. The molecule has 3 heterocycles. The van der Waals surface area contributed by atoms with Crippen molar-refractivity contribution in [3.05, 3.63) is 54.3 Å². The lowest BCUT2D eigenvalue weighted by atomic mass is 9.89. The third kappa shape index (κ3) is 4.65. The molecule has 3 N–H and O–H groups in total. The Hall–Kier alpha value is -2.97. The van der Waals surface area contributed by atoms with Crippen molar-refractivity contribution >= 4 is 34.4 Å². The number of nitrogens with one attached hydrogen (secondary N) is 3. The van der Waals surface area contributed by atoms with Crippen molar-refractivity contribution in [3.8, 4) is 11.3 Å². The Labute approximate surface area is 202 Å². The molecular formula is C25H28ClFN6O. The average Bonchev–Trinajstić information content (AvgIpc) is 3.26. The minimum atomic E-state index is -1.37. The van der Waals surface area contributed by atoms with Crippen LogP contribution in [0.2, 0.25) is 5.02 Å². The molecule has 1 saturated heterocycles. The smallest absolute Gasteiger partial charge is 0.246 e. The summed E-state index contributed by atoms with van der Waals surface area (Å²) >= 11 is 6.45. The SMILES string of the molecule is C=CC(=O)N1CC(F)(CN[C@H]2CCC[C@@H](Nc3ncc(Cl)c(-c4c[nH]c5ccccc45)n3)C2)C1. The van der Waals surface area contributed by atoms with E-state index in [0.717, 1.165) is 42.1 Å². The monoisotopic (exact) mass is 482 g/mol. The summed E-state index contributed by atoms with van der Waals surface area (Å²) in [4.78, 5) is 25.4. The molecule has 34 heavy (non-hydrogen) atoms. The normalized spacial score (nSPS) is 21.8. The zero-order valence-corrected chi connectivity index (χ0v) is 19.6. The second kappa shape index (κ2) is 9.35. The number of anilines is 1. The Morgan fingerprint density at radius 2 is 2.12 bits per heavy atom. The zero-order valence-electron chi connectivity index (χ0n) is 18.9. The highest BCUT2D eigenvalue weighted by molar-refractivity contribution is 6.33. The fraction of sp³-hybridized carbons (Fsp3) is 0.400. The van der Waals surface area contributed by atoms with E-state index in [1.165, 1.54) is 11.0 Å². The van der Waals surface area contributed by atoms with Crippen LogP contribution < -0.4 is 10.6 Å². The van der Waals surface area contributed by atoms with Crippen molar-refractivity contribution < 1.29 is 9.18 Å². The highest BCUT2D eigenvalue weighted by Crippen LogP contribution is 2.33. The van der Waals surface area contributed by atoms with Gasteiger partial charge in [0.05, 0.1) is 30.0 Å². The topological polar surface area (TPSA) is 85.9 Å². The van der Waals surface area contributed by atoms with Crippen LogP contribution >= 0.6 is 11.6 Å². The molecule has 1 amide bonds. The maximum Gasteiger partial charge on any atom is 0.246 e. The van der Waals surface area contributed by atoms with Crippen LogP contribution in [0.15, 0.2) is 49.3 Å². The van der Waals surface area contributed by atoms with E-state index in [4.69, 9.17) is 16.6 Å². The summed E-state index contributed by atoms with van der Waals surface area (Å²) in [7, 11) is 0. The number of carbonyl (C=O) groups excluding carboxylic acids is 1. The Bertz CT molecular complexity index is 1210. The first kappa shape index (κ1) is 22.8. The van der Waals surface area contributed by atoms with Crippen molar-refractivity contribution in [3.63, 3.8) is 0 Å². The van der Waals surface area contributed by atoms with Gasteiger partial charge in [0, 0.05) is 41.3 Å². The predicted octanol–water partition coefficient (Wildman–Crippen LogP) is 4.33. The molecular weight excluding hydrogens is 455 g/mol. The van der Waals surface area contributed by atoms with Crippen LogP contribution in [0.25, 0.3) is 22.2 Å². The third-order valence-electron chi connectivity index (χ3n) is 6.74. The molecule has 1 saturated carbocycles. The van der Waals surface area contributed by atoms with E-state index in [1.54, 1.807) is 6.20 Å². The van der Waals surface area contributed by atoms with Gasteiger partial charge in [0.15, 0.2) is 5.67 Å². The van der Waals surface area contributed by atoms with Crippen molar-refractivity contribution in [1.29, 1.82) is 0 Å². The molecule has 0 bridgehead atoms. The molecule has 9 heteroatoms. The summed E-state index contributed by atoms with van der Waals surface area (Å²) in [6, 6.07) is 8.40. The first-order valence-electron chi connectivity index (χ1n) is 11.6. The molecule has 0 radical (unpaired) electrons. The second-order valence-corrected chi connectivity index (χ2v) is 9.68. The van der Waals surface area contributed by atoms with Crippen LogP contribution in [0.3, 0.4) is 0 Å². The molecule has 2 atom stereocenters. The van der Waals surface area contributed by atoms with Crippen LogP contribution in [0.1, 0.15) is 25.7 Å². The van der Waals surface area contributed by atoms with Gasteiger partial charge in [-0.15, -0.1) is 0 Å². The third-order valence-corrected chi connectivity index (χ3v) is 7.01. The van der Waals surface area contributed by atoms with Crippen molar-refractivity contribution in [2.24, 2.45) is 0 Å². The van der Waals surface area contributed by atoms with Crippen molar-refractivity contribution in [2.45, 2.75) is 43.4 Å². The lowest BCUT2D eigenvalue weighted by Crippen LogP contribution is -2.65. The summed E-state index contributed by atoms with van der Waals surface area (Å²) in [6.07, 6.45) is 8.64. The fourth-order valence-electron chi connectivity index (χ4n) is 4.94. The van der Waals surface area contributed by atoms with Crippen molar-refractivity contribution in [1.82, 2.24) is 25.2 Å². The minimum absolute atomic E-state index is 0.120. The molecule has 1 aromatic carbocycles. The van der Waals surface area contributed by atoms with Crippen LogP contribution in [0.4, 0.5) is 10.3 Å². The van der Waals surface area contributed by atoms with Gasteiger partial charge in [-0.1, -0.05) is 36.4 Å². The van der Waals surface area contributed by atoms with Gasteiger partial charge >= 0.3 is 0 Å². The summed E-state index contributed by atoms with van der Waals surface area (Å²) < 4.78 is 14.8. The summed E-state index contributed by atoms with van der Waals surface area (Å²) in [5.41, 5.74) is 1.28. The number of nitrogens with zero attached hydrogens (tertiary/aromatic N) is 3. The highest BCUT2D eigenvalue weighted by atomic mass is 35.5. The number of alkyl halides is 1. The van der Waals surface area contributed by atoms with Gasteiger partial charge in [-0.05, 0) is 37.8 Å². The van der Waals surface area contributed by atoms with Gasteiger partial charge in [-0.25, -0.2) is 14.4 Å². The number of benzene rings is 1. The fourth-order valence-corrected chi connectivity index (χ4v) is 5.14. The molecule has 2 aliphatic rings. The Morgan fingerprint density at radius 1 is 1.32 bits per heavy atom. The quantitative estimate of drug-likeness (QED) is 0.436. The Morgan fingerprint density at radius 3 is 2.94 bits per heavy atom. The first-order chi connectivity index (χ1) is 16.4. The van der Waals surface area contributed by atoms with E-state index in [1.807, 2.05) is 30.5 Å². The average molecular weight is 483 g/mol. The Balaban J connectivity index is 1.21. The summed E-state index contributed by atoms with van der Waals surface area (Å²) in [5.74, 6) is 0.319. The number of hydrogen-bond acceptors (Lipinski definition) is 5. The Kier molecular flexibility index (Phi) is 6.27. The molecule has 178 valence electrons. The number of H-pyrrole nitrogens is 1. The standard InChI is InChI=1S/C25H28ClFN6O/c1-2-22(34)33-14-25(27,15-33)13-30-16-6-5-7-17(10-16)31-24-29-12-20(26)23(32-24)19-11-28-21-9-4-3-8-18(19)21/h2-4,8-9,11-12,16-17,28,30H,1,5-7,10,13-15H2,(H,29,31,32)/t16-,17+/m0/s1. The summed E-state index contributed by atoms with van der Waals surface area (Å²) in [5, 5.41) is 8.38. The van der Waals surface area contributed by atoms with E-state index in [9.17, 15) is 9.18 Å². The van der Waals surface area contributed by atoms with Crippen LogP contribution in [-0.4, -0.2) is 63.1 Å².